The highest BCUT2D eigenvalue weighted by molar-refractivity contribution is 5.85. The molecule has 0 fully saturated rings. The molecule has 1 aromatic carbocycles. The van der Waals surface area contributed by atoms with Crippen LogP contribution in [0.15, 0.2) is 61.1 Å². The largest absolute Gasteiger partial charge is 0.342 e. The monoisotopic (exact) mass is 399 g/mol. The SMILES string of the molecule is Fc1cnc(Nc2ccc3cc4n(c3c2)CCNC4)nc1-c1cnc2ccccn12. The summed E-state index contributed by atoms with van der Waals surface area (Å²) in [6.45, 7) is 2.77. The van der Waals surface area contributed by atoms with Gasteiger partial charge < -0.3 is 15.2 Å². The maximum absolute atomic E-state index is 14.6. The standard InChI is InChI=1S/C22H18FN7/c23-17-12-26-22(28-21(17)19-13-25-20-3-1-2-7-30(19)20)27-15-5-4-14-9-16-11-24-6-8-29(16)18(14)10-15/h1-5,7,9-10,12-13,24H,6,8,11H2,(H,26,27,28). The minimum atomic E-state index is -0.491. The van der Waals surface area contributed by atoms with Crippen LogP contribution < -0.4 is 10.6 Å². The molecule has 0 atom stereocenters. The maximum atomic E-state index is 14.6. The molecule has 7 nitrogen and oxygen atoms in total. The lowest BCUT2D eigenvalue weighted by Gasteiger charge is -2.17. The molecule has 0 spiro atoms. The summed E-state index contributed by atoms with van der Waals surface area (Å²) in [5, 5.41) is 7.82. The fourth-order valence-electron chi connectivity index (χ4n) is 4.05. The first-order valence-corrected chi connectivity index (χ1v) is 9.81. The van der Waals surface area contributed by atoms with Gasteiger partial charge in [0.05, 0.1) is 23.6 Å². The van der Waals surface area contributed by atoms with Crippen LogP contribution in [0.25, 0.3) is 27.9 Å². The lowest BCUT2D eigenvalue weighted by atomic mass is 10.2. The number of hydrogen-bond acceptors (Lipinski definition) is 5. The van der Waals surface area contributed by atoms with Crippen molar-refractivity contribution in [2.45, 2.75) is 13.1 Å². The molecule has 8 heteroatoms. The quantitative estimate of drug-likeness (QED) is 0.484. The fraction of sp³-hybridized carbons (Fsp3) is 0.136. The molecule has 0 bridgehead atoms. The van der Waals surface area contributed by atoms with Crippen molar-refractivity contribution in [1.29, 1.82) is 0 Å². The van der Waals surface area contributed by atoms with Crippen LogP contribution in [0.1, 0.15) is 5.69 Å². The van der Waals surface area contributed by atoms with E-state index in [-0.39, 0.29) is 5.69 Å². The van der Waals surface area contributed by atoms with Crippen molar-refractivity contribution in [2.24, 2.45) is 0 Å². The summed E-state index contributed by atoms with van der Waals surface area (Å²) >= 11 is 0. The van der Waals surface area contributed by atoms with Crippen LogP contribution in [-0.2, 0) is 13.1 Å². The first-order chi connectivity index (χ1) is 14.8. The number of rotatable bonds is 3. The van der Waals surface area contributed by atoms with E-state index in [1.165, 1.54) is 22.8 Å². The summed E-state index contributed by atoms with van der Waals surface area (Å²) in [4.78, 5) is 12.9. The van der Waals surface area contributed by atoms with Gasteiger partial charge in [0.2, 0.25) is 5.95 Å². The van der Waals surface area contributed by atoms with Gasteiger partial charge in [-0.25, -0.2) is 19.3 Å². The van der Waals surface area contributed by atoms with Crippen LogP contribution in [0.4, 0.5) is 16.0 Å². The van der Waals surface area contributed by atoms with Crippen LogP contribution >= 0.6 is 0 Å². The van der Waals surface area contributed by atoms with E-state index in [0.29, 0.717) is 11.6 Å². The Labute approximate surface area is 171 Å². The van der Waals surface area contributed by atoms with Gasteiger partial charge in [0.25, 0.3) is 0 Å². The second kappa shape index (κ2) is 6.64. The van der Waals surface area contributed by atoms with Gasteiger partial charge in [-0.15, -0.1) is 0 Å². The number of anilines is 2. The number of halogens is 1. The van der Waals surface area contributed by atoms with E-state index in [9.17, 15) is 4.39 Å². The number of aromatic nitrogens is 5. The summed E-state index contributed by atoms with van der Waals surface area (Å²) in [7, 11) is 0. The molecule has 0 radical (unpaired) electrons. The summed E-state index contributed by atoms with van der Waals surface area (Å²) in [5.74, 6) is -0.154. The molecule has 4 aromatic heterocycles. The average Bonchev–Trinajstić information content (AvgIpc) is 3.36. The first-order valence-electron chi connectivity index (χ1n) is 9.81. The number of nitrogens with one attached hydrogen (secondary N) is 2. The molecule has 148 valence electrons. The molecule has 0 unspecified atom stereocenters. The summed E-state index contributed by atoms with van der Waals surface area (Å²) in [6, 6.07) is 14.0. The van der Waals surface area contributed by atoms with Gasteiger partial charge in [-0.3, -0.25) is 4.40 Å². The molecule has 1 aliphatic heterocycles. The van der Waals surface area contributed by atoms with E-state index in [0.717, 1.165) is 31.0 Å². The van der Waals surface area contributed by atoms with Crippen molar-refractivity contribution in [3.8, 4) is 11.4 Å². The smallest absolute Gasteiger partial charge is 0.227 e. The lowest BCUT2D eigenvalue weighted by molar-refractivity contribution is 0.527. The Morgan fingerprint density at radius 2 is 2.03 bits per heavy atom. The lowest BCUT2D eigenvalue weighted by Crippen LogP contribution is -2.27. The zero-order chi connectivity index (χ0) is 20.1. The van der Waals surface area contributed by atoms with Gasteiger partial charge in [-0.1, -0.05) is 12.1 Å². The van der Waals surface area contributed by atoms with E-state index >= 15 is 0 Å². The number of hydrogen-bond donors (Lipinski definition) is 2. The minimum absolute atomic E-state index is 0.207. The van der Waals surface area contributed by atoms with Gasteiger partial charge in [-0.2, -0.15) is 0 Å². The van der Waals surface area contributed by atoms with E-state index < -0.39 is 5.82 Å². The molecule has 0 saturated carbocycles. The van der Waals surface area contributed by atoms with Gasteiger partial charge in [0.1, 0.15) is 11.3 Å². The third-order valence-corrected chi connectivity index (χ3v) is 5.47. The van der Waals surface area contributed by atoms with Crippen molar-refractivity contribution in [2.75, 3.05) is 11.9 Å². The molecule has 0 saturated heterocycles. The van der Waals surface area contributed by atoms with E-state index in [4.69, 9.17) is 0 Å². The maximum Gasteiger partial charge on any atom is 0.227 e. The Morgan fingerprint density at radius 3 is 3.00 bits per heavy atom. The van der Waals surface area contributed by atoms with Gasteiger partial charge in [0.15, 0.2) is 5.82 Å². The van der Waals surface area contributed by atoms with E-state index in [2.05, 4.69) is 48.4 Å². The molecule has 6 rings (SSSR count). The highest BCUT2D eigenvalue weighted by atomic mass is 19.1. The Hall–Kier alpha value is -3.78. The third kappa shape index (κ3) is 2.73. The fourth-order valence-corrected chi connectivity index (χ4v) is 4.05. The van der Waals surface area contributed by atoms with Crippen molar-refractivity contribution in [3.05, 3.63) is 72.6 Å². The van der Waals surface area contributed by atoms with Crippen LogP contribution in [0.3, 0.4) is 0 Å². The molecule has 5 aromatic rings. The average molecular weight is 399 g/mol. The summed E-state index contributed by atoms with van der Waals surface area (Å²) in [6.07, 6.45) is 4.65. The molecule has 30 heavy (non-hydrogen) atoms. The Bertz CT molecular complexity index is 1400. The molecule has 0 aliphatic carbocycles. The highest BCUT2D eigenvalue weighted by Gasteiger charge is 2.15. The molecule has 1 aliphatic rings. The predicted octanol–water partition coefficient (Wildman–Crippen LogP) is 3.73. The summed E-state index contributed by atoms with van der Waals surface area (Å²) in [5.41, 5.74) is 4.83. The summed E-state index contributed by atoms with van der Waals surface area (Å²) < 4.78 is 18.7. The van der Waals surface area contributed by atoms with Crippen molar-refractivity contribution in [1.82, 2.24) is 29.2 Å². The second-order valence-electron chi connectivity index (χ2n) is 7.33. The van der Waals surface area contributed by atoms with E-state index in [1.807, 2.05) is 34.9 Å². The topological polar surface area (TPSA) is 72.1 Å². The number of benzene rings is 1. The second-order valence-corrected chi connectivity index (χ2v) is 7.33. The van der Waals surface area contributed by atoms with Crippen LogP contribution in [0.5, 0.6) is 0 Å². The zero-order valence-corrected chi connectivity index (χ0v) is 16.0. The molecule has 5 heterocycles. The van der Waals surface area contributed by atoms with Crippen molar-refractivity contribution >= 4 is 28.2 Å². The molecular formula is C22H18FN7. The van der Waals surface area contributed by atoms with Crippen molar-refractivity contribution < 1.29 is 4.39 Å². The molecule has 0 amide bonds. The van der Waals surface area contributed by atoms with E-state index in [1.54, 1.807) is 6.20 Å². The third-order valence-electron chi connectivity index (χ3n) is 5.47. The molecule has 2 N–H and O–H groups in total. The van der Waals surface area contributed by atoms with Crippen LogP contribution in [-0.4, -0.2) is 30.5 Å². The zero-order valence-electron chi connectivity index (χ0n) is 16.0. The number of fused-ring (bicyclic) bond motifs is 4. The normalized spacial score (nSPS) is 13.6. The highest BCUT2D eigenvalue weighted by Crippen LogP contribution is 2.27. The Kier molecular flexibility index (Phi) is 3.78. The Balaban J connectivity index is 1.38. The number of imidazole rings is 1. The van der Waals surface area contributed by atoms with Gasteiger partial charge in [0, 0.05) is 42.6 Å². The van der Waals surface area contributed by atoms with Gasteiger partial charge >= 0.3 is 0 Å². The van der Waals surface area contributed by atoms with Gasteiger partial charge in [-0.05, 0) is 30.3 Å². The molecular weight excluding hydrogens is 381 g/mol. The van der Waals surface area contributed by atoms with Crippen LogP contribution in [0, 0.1) is 5.82 Å². The number of nitrogens with zero attached hydrogens (tertiary/aromatic N) is 5. The van der Waals surface area contributed by atoms with Crippen molar-refractivity contribution in [3.63, 3.8) is 0 Å². The Morgan fingerprint density at radius 1 is 1.07 bits per heavy atom. The first kappa shape index (κ1) is 17.1. The predicted molar refractivity (Wildman–Crippen MR) is 113 cm³/mol. The number of pyridine rings is 1. The minimum Gasteiger partial charge on any atom is -0.342 e. The van der Waals surface area contributed by atoms with Crippen LogP contribution in [0.2, 0.25) is 0 Å².